The van der Waals surface area contributed by atoms with Crippen molar-refractivity contribution in [1.29, 1.82) is 0 Å². The van der Waals surface area contributed by atoms with E-state index in [9.17, 15) is 9.59 Å². The van der Waals surface area contributed by atoms with E-state index in [0.717, 1.165) is 10.0 Å². The van der Waals surface area contributed by atoms with Gasteiger partial charge in [0.2, 0.25) is 5.91 Å². The first-order valence-electron chi connectivity index (χ1n) is 9.89. The largest absolute Gasteiger partial charge is 0.449 e. The first-order chi connectivity index (χ1) is 14.5. The maximum absolute atomic E-state index is 13.1. The molecule has 158 valence electrons. The number of benzene rings is 2. The third-order valence-corrected chi connectivity index (χ3v) is 5.14. The van der Waals surface area contributed by atoms with Crippen molar-refractivity contribution in [3.8, 4) is 5.75 Å². The van der Waals surface area contributed by atoms with E-state index in [1.165, 1.54) is 4.90 Å². The standard InChI is InChI=1S/C23H25BrN2O4/c1-16(2)29-13-7-12-25-22(27)15-26-19-10-5-6-11-20(19)30-21(23(26)28)14-17-8-3-4-9-18(17)24/h3-6,8-11,14,16H,7,12-13,15H2,1-2H3,(H,25,27)/b21-14+. The van der Waals surface area contributed by atoms with Gasteiger partial charge in [-0.1, -0.05) is 46.3 Å². The zero-order valence-corrected chi connectivity index (χ0v) is 18.6. The number of nitrogens with one attached hydrogen (secondary N) is 1. The van der Waals surface area contributed by atoms with Gasteiger partial charge >= 0.3 is 0 Å². The van der Waals surface area contributed by atoms with Crippen LogP contribution in [0, 0.1) is 0 Å². The van der Waals surface area contributed by atoms with E-state index in [-0.39, 0.29) is 30.2 Å². The van der Waals surface area contributed by atoms with E-state index < -0.39 is 0 Å². The molecule has 2 amide bonds. The van der Waals surface area contributed by atoms with E-state index >= 15 is 0 Å². The Morgan fingerprint density at radius 2 is 1.93 bits per heavy atom. The number of nitrogens with zero attached hydrogens (tertiary/aromatic N) is 1. The van der Waals surface area contributed by atoms with E-state index in [0.29, 0.717) is 31.0 Å². The van der Waals surface area contributed by atoms with Crippen LogP contribution in [0.4, 0.5) is 5.69 Å². The lowest BCUT2D eigenvalue weighted by Gasteiger charge is -2.30. The minimum absolute atomic E-state index is 0.0858. The summed E-state index contributed by atoms with van der Waals surface area (Å²) in [4.78, 5) is 27.0. The van der Waals surface area contributed by atoms with Gasteiger partial charge in [-0.15, -0.1) is 0 Å². The van der Waals surface area contributed by atoms with Crippen molar-refractivity contribution in [2.24, 2.45) is 0 Å². The van der Waals surface area contributed by atoms with Crippen LogP contribution in [0.3, 0.4) is 0 Å². The smallest absolute Gasteiger partial charge is 0.294 e. The molecule has 1 N–H and O–H groups in total. The molecule has 2 aromatic rings. The quantitative estimate of drug-likeness (QED) is 0.462. The molecule has 0 spiro atoms. The molecule has 0 radical (unpaired) electrons. The van der Waals surface area contributed by atoms with Gasteiger partial charge in [-0.3, -0.25) is 14.5 Å². The van der Waals surface area contributed by atoms with E-state index in [2.05, 4.69) is 21.2 Å². The summed E-state index contributed by atoms with van der Waals surface area (Å²) < 4.78 is 12.2. The number of hydrogen-bond donors (Lipinski definition) is 1. The molecular weight excluding hydrogens is 448 g/mol. The molecule has 7 heteroatoms. The summed E-state index contributed by atoms with van der Waals surface area (Å²) in [6.45, 7) is 4.93. The Bertz CT molecular complexity index is 942. The summed E-state index contributed by atoms with van der Waals surface area (Å²) in [5.74, 6) is 0.111. The lowest BCUT2D eigenvalue weighted by atomic mass is 10.1. The van der Waals surface area contributed by atoms with E-state index in [4.69, 9.17) is 9.47 Å². The van der Waals surface area contributed by atoms with E-state index in [1.807, 2.05) is 50.2 Å². The molecule has 30 heavy (non-hydrogen) atoms. The number of hydrogen-bond acceptors (Lipinski definition) is 4. The van der Waals surface area contributed by atoms with Crippen LogP contribution in [-0.4, -0.2) is 37.6 Å². The summed E-state index contributed by atoms with van der Waals surface area (Å²) in [6, 6.07) is 14.7. The van der Waals surface area contributed by atoms with Gasteiger partial charge in [0.05, 0.1) is 11.8 Å². The molecule has 0 fully saturated rings. The minimum atomic E-state index is -0.359. The van der Waals surface area contributed by atoms with Crippen molar-refractivity contribution < 1.29 is 19.1 Å². The summed E-state index contributed by atoms with van der Waals surface area (Å²) in [5, 5.41) is 2.85. The molecule has 0 aliphatic carbocycles. The monoisotopic (exact) mass is 472 g/mol. The SMILES string of the molecule is CC(C)OCCCNC(=O)CN1C(=O)/C(=C\c2ccccc2Br)Oc2ccccc21. The first kappa shape index (κ1) is 22.1. The maximum atomic E-state index is 13.1. The number of fused-ring (bicyclic) bond motifs is 1. The molecule has 0 unspecified atom stereocenters. The molecule has 3 rings (SSSR count). The van der Waals surface area contributed by atoms with Crippen LogP contribution in [0.5, 0.6) is 5.75 Å². The Labute approximate surface area is 185 Å². The normalized spacial score (nSPS) is 14.6. The van der Waals surface area contributed by atoms with Gasteiger partial charge in [-0.2, -0.15) is 0 Å². The van der Waals surface area contributed by atoms with Crippen molar-refractivity contribution in [1.82, 2.24) is 5.32 Å². The molecule has 0 aromatic heterocycles. The van der Waals surface area contributed by atoms with Gasteiger partial charge in [0.1, 0.15) is 6.54 Å². The Morgan fingerprint density at radius 1 is 1.20 bits per heavy atom. The fourth-order valence-corrected chi connectivity index (χ4v) is 3.37. The van der Waals surface area contributed by atoms with Gasteiger partial charge in [0.25, 0.3) is 5.91 Å². The predicted molar refractivity (Wildman–Crippen MR) is 120 cm³/mol. The van der Waals surface area contributed by atoms with Crippen molar-refractivity contribution >= 4 is 39.5 Å². The fourth-order valence-electron chi connectivity index (χ4n) is 2.97. The molecule has 0 saturated heterocycles. The third kappa shape index (κ3) is 5.70. The Balaban J connectivity index is 1.73. The molecule has 1 aliphatic rings. The number of carbonyl (C=O) groups excluding carboxylic acids is 2. The first-order valence-corrected chi connectivity index (χ1v) is 10.7. The molecular formula is C23H25BrN2O4. The summed E-state index contributed by atoms with van der Waals surface area (Å²) in [6.07, 6.45) is 2.55. The molecule has 0 bridgehead atoms. The molecule has 1 aliphatic heterocycles. The number of amides is 2. The van der Waals surface area contributed by atoms with Crippen LogP contribution in [0.25, 0.3) is 6.08 Å². The van der Waals surface area contributed by atoms with Gasteiger partial charge in [0, 0.05) is 17.6 Å². The molecule has 0 saturated carbocycles. The zero-order chi connectivity index (χ0) is 21.5. The number of rotatable bonds is 8. The second kappa shape index (κ2) is 10.4. The highest BCUT2D eigenvalue weighted by Crippen LogP contribution is 2.35. The van der Waals surface area contributed by atoms with Crippen LogP contribution in [0.1, 0.15) is 25.8 Å². The second-order valence-corrected chi connectivity index (χ2v) is 7.97. The summed E-state index contributed by atoms with van der Waals surface area (Å²) in [7, 11) is 0. The van der Waals surface area contributed by atoms with Crippen LogP contribution >= 0.6 is 15.9 Å². The van der Waals surface area contributed by atoms with Crippen LogP contribution in [0.15, 0.2) is 58.8 Å². The van der Waals surface area contributed by atoms with Gasteiger partial charge in [-0.05, 0) is 50.1 Å². The molecule has 2 aromatic carbocycles. The molecule has 6 nitrogen and oxygen atoms in total. The third-order valence-electron chi connectivity index (χ3n) is 4.42. The van der Waals surface area contributed by atoms with Crippen LogP contribution in [-0.2, 0) is 14.3 Å². The lowest BCUT2D eigenvalue weighted by molar-refractivity contribution is -0.123. The van der Waals surface area contributed by atoms with Crippen molar-refractivity contribution in [2.45, 2.75) is 26.4 Å². The average Bonchev–Trinajstić information content (AvgIpc) is 2.72. The Kier molecular flexibility index (Phi) is 7.65. The van der Waals surface area contributed by atoms with Crippen molar-refractivity contribution in [3.63, 3.8) is 0 Å². The summed E-state index contributed by atoms with van der Waals surface area (Å²) >= 11 is 3.48. The maximum Gasteiger partial charge on any atom is 0.294 e. The number of ether oxygens (including phenoxy) is 2. The number of carbonyl (C=O) groups is 2. The minimum Gasteiger partial charge on any atom is -0.449 e. The highest BCUT2D eigenvalue weighted by atomic mass is 79.9. The molecule has 1 heterocycles. The number of halogens is 1. The van der Waals surface area contributed by atoms with Crippen molar-refractivity contribution in [2.75, 3.05) is 24.6 Å². The zero-order valence-electron chi connectivity index (χ0n) is 17.1. The highest BCUT2D eigenvalue weighted by molar-refractivity contribution is 9.10. The highest BCUT2D eigenvalue weighted by Gasteiger charge is 2.31. The van der Waals surface area contributed by atoms with Gasteiger partial charge < -0.3 is 14.8 Å². The summed E-state index contributed by atoms with van der Waals surface area (Å²) in [5.41, 5.74) is 1.39. The predicted octanol–water partition coefficient (Wildman–Crippen LogP) is 4.15. The molecule has 0 atom stereocenters. The van der Waals surface area contributed by atoms with Crippen LogP contribution < -0.4 is 15.0 Å². The van der Waals surface area contributed by atoms with Gasteiger partial charge in [0.15, 0.2) is 11.5 Å². The number of para-hydroxylation sites is 2. The lowest BCUT2D eigenvalue weighted by Crippen LogP contribution is -2.44. The Hall–Kier alpha value is -2.64. The van der Waals surface area contributed by atoms with Crippen LogP contribution in [0.2, 0.25) is 0 Å². The second-order valence-electron chi connectivity index (χ2n) is 7.11. The Morgan fingerprint density at radius 3 is 2.70 bits per heavy atom. The van der Waals surface area contributed by atoms with Gasteiger partial charge in [-0.25, -0.2) is 0 Å². The van der Waals surface area contributed by atoms with Crippen molar-refractivity contribution in [3.05, 3.63) is 64.3 Å². The fraction of sp³-hybridized carbons (Fsp3) is 0.304. The number of anilines is 1. The topological polar surface area (TPSA) is 67.9 Å². The van der Waals surface area contributed by atoms with E-state index in [1.54, 1.807) is 18.2 Å². The average molecular weight is 473 g/mol.